The van der Waals surface area contributed by atoms with E-state index in [9.17, 15) is 9.90 Å². The summed E-state index contributed by atoms with van der Waals surface area (Å²) in [4.78, 5) is 15.9. The van der Waals surface area contributed by atoms with Crippen LogP contribution in [0.25, 0.3) is 0 Å². The Morgan fingerprint density at radius 1 is 0.500 bits per heavy atom. The number of benzene rings is 3. The number of carboxylic acid groups (broad SMARTS) is 1. The van der Waals surface area contributed by atoms with E-state index >= 15 is 0 Å². The SMILES string of the molecule is CCCCCCCCCc1cc(CCCCCCCCC)c(S(OC(=O)O)(c2ccccc2)c2ccccc2)c(CCCCCCCCC)c1. The van der Waals surface area contributed by atoms with Crippen molar-refractivity contribution in [2.24, 2.45) is 0 Å². The number of unbranched alkanes of at least 4 members (excludes halogenated alkanes) is 18. The van der Waals surface area contributed by atoms with Crippen molar-refractivity contribution in [1.29, 1.82) is 0 Å². The Kier molecular flexibility index (Phi) is 21.1. The van der Waals surface area contributed by atoms with E-state index in [0.29, 0.717) is 0 Å². The second-order valence-corrected chi connectivity index (χ2v) is 17.0. The molecule has 0 fully saturated rings. The van der Waals surface area contributed by atoms with Gasteiger partial charge in [0.2, 0.25) is 0 Å². The molecule has 0 aliphatic heterocycles. The highest BCUT2D eigenvalue weighted by Gasteiger charge is 2.39. The summed E-state index contributed by atoms with van der Waals surface area (Å²) in [6.45, 7) is 6.84. The minimum absolute atomic E-state index is 0.954. The van der Waals surface area contributed by atoms with Crippen LogP contribution < -0.4 is 0 Å². The third-order valence-corrected chi connectivity index (χ3v) is 13.5. The van der Waals surface area contributed by atoms with E-state index in [4.69, 9.17) is 4.18 Å². The Morgan fingerprint density at radius 3 is 1.20 bits per heavy atom. The molecule has 0 atom stereocenters. The fourth-order valence-corrected chi connectivity index (χ4v) is 10.8. The maximum atomic E-state index is 12.9. The quantitative estimate of drug-likeness (QED) is 0.0766. The zero-order chi connectivity index (χ0) is 35.7. The van der Waals surface area contributed by atoms with Gasteiger partial charge in [-0.25, -0.2) is 4.79 Å². The van der Waals surface area contributed by atoms with E-state index in [1.165, 1.54) is 139 Å². The van der Waals surface area contributed by atoms with E-state index in [2.05, 4.69) is 57.2 Å². The van der Waals surface area contributed by atoms with Crippen molar-refractivity contribution in [3.8, 4) is 0 Å². The molecule has 0 bridgehead atoms. The first kappa shape index (κ1) is 41.7. The van der Waals surface area contributed by atoms with Gasteiger partial charge in [-0.05, 0) is 89.8 Å². The average molecular weight is 703 g/mol. The summed E-state index contributed by atoms with van der Waals surface area (Å²) in [5, 5.41) is 10.5. The molecule has 1 N–H and O–H groups in total. The third kappa shape index (κ3) is 14.1. The summed E-state index contributed by atoms with van der Waals surface area (Å²) in [5.41, 5.74) is 4.03. The predicted octanol–water partition coefficient (Wildman–Crippen LogP) is 15.5. The lowest BCUT2D eigenvalue weighted by Crippen LogP contribution is -2.16. The van der Waals surface area contributed by atoms with Crippen LogP contribution in [0.1, 0.15) is 172 Å². The normalized spacial score (nSPS) is 11.9. The molecule has 4 heteroatoms. The molecular weight excluding hydrogens is 633 g/mol. The summed E-state index contributed by atoms with van der Waals surface area (Å²) in [7, 11) is -2.56. The molecule has 3 rings (SSSR count). The average Bonchev–Trinajstić information content (AvgIpc) is 3.13. The van der Waals surface area contributed by atoms with Gasteiger partial charge in [0.1, 0.15) is 0 Å². The Bertz CT molecular complexity index is 1230. The molecule has 0 heterocycles. The van der Waals surface area contributed by atoms with Crippen molar-refractivity contribution in [3.63, 3.8) is 0 Å². The third-order valence-electron chi connectivity index (χ3n) is 10.1. The molecule has 0 aliphatic carbocycles. The Hall–Kier alpha value is -2.72. The molecule has 0 saturated carbocycles. The summed E-state index contributed by atoms with van der Waals surface area (Å²) < 4.78 is 6.41. The first-order chi connectivity index (χ1) is 24.6. The number of rotatable bonds is 28. The second kappa shape index (κ2) is 25.3. The lowest BCUT2D eigenvalue weighted by atomic mass is 9.94. The highest BCUT2D eigenvalue weighted by Crippen LogP contribution is 2.71. The van der Waals surface area contributed by atoms with Crippen LogP contribution in [0.4, 0.5) is 4.79 Å². The van der Waals surface area contributed by atoms with Gasteiger partial charge in [-0.1, -0.05) is 185 Å². The molecule has 0 unspecified atom stereocenters. The van der Waals surface area contributed by atoms with E-state index < -0.39 is 16.5 Å². The predicted molar refractivity (Wildman–Crippen MR) is 216 cm³/mol. The topological polar surface area (TPSA) is 46.5 Å². The maximum absolute atomic E-state index is 12.9. The number of carbonyl (C=O) groups is 1. The number of hydrogen-bond donors (Lipinski definition) is 1. The van der Waals surface area contributed by atoms with Crippen LogP contribution in [0.15, 0.2) is 87.5 Å². The largest absolute Gasteiger partial charge is 0.517 e. The van der Waals surface area contributed by atoms with E-state index in [-0.39, 0.29) is 0 Å². The Balaban J connectivity index is 2.10. The van der Waals surface area contributed by atoms with E-state index in [1.807, 2.05) is 36.4 Å². The molecule has 0 radical (unpaired) electrons. The van der Waals surface area contributed by atoms with Crippen molar-refractivity contribution < 1.29 is 14.1 Å². The van der Waals surface area contributed by atoms with Crippen LogP contribution in [0.5, 0.6) is 0 Å². The van der Waals surface area contributed by atoms with Crippen molar-refractivity contribution >= 4 is 16.5 Å². The number of hydrogen-bond acceptors (Lipinski definition) is 2. The highest BCUT2D eigenvalue weighted by molar-refractivity contribution is 8.30. The molecule has 0 amide bonds. The molecular formula is C46H70O3S. The second-order valence-electron chi connectivity index (χ2n) is 14.4. The van der Waals surface area contributed by atoms with Gasteiger partial charge < -0.3 is 9.29 Å². The van der Waals surface area contributed by atoms with Gasteiger partial charge in [-0.15, -0.1) is 0 Å². The Morgan fingerprint density at radius 2 is 0.840 bits per heavy atom. The molecule has 0 saturated heterocycles. The smallest absolute Gasteiger partial charge is 0.449 e. The van der Waals surface area contributed by atoms with E-state index in [1.54, 1.807) is 0 Å². The zero-order valence-electron chi connectivity index (χ0n) is 32.1. The monoisotopic (exact) mass is 703 g/mol. The van der Waals surface area contributed by atoms with Gasteiger partial charge >= 0.3 is 6.16 Å². The molecule has 0 aliphatic rings. The van der Waals surface area contributed by atoms with Crippen LogP contribution in [-0.4, -0.2) is 11.3 Å². The molecule has 50 heavy (non-hydrogen) atoms. The summed E-state index contributed by atoms with van der Waals surface area (Å²) in [6.07, 6.45) is 28.5. The molecule has 3 aromatic rings. The van der Waals surface area contributed by atoms with Crippen molar-refractivity contribution in [2.45, 2.75) is 190 Å². The number of aryl methyl sites for hydroxylation is 3. The van der Waals surface area contributed by atoms with Crippen LogP contribution in [-0.2, 0) is 23.4 Å². The first-order valence-corrected chi connectivity index (χ1v) is 22.1. The van der Waals surface area contributed by atoms with Gasteiger partial charge in [-0.3, -0.25) is 0 Å². The van der Waals surface area contributed by atoms with Crippen LogP contribution in [0, 0.1) is 0 Å². The van der Waals surface area contributed by atoms with Crippen LogP contribution >= 0.6 is 10.3 Å². The Labute approximate surface area is 308 Å². The lowest BCUT2D eigenvalue weighted by molar-refractivity contribution is 0.150. The minimum Gasteiger partial charge on any atom is -0.449 e. The molecule has 0 aromatic heterocycles. The summed E-state index contributed by atoms with van der Waals surface area (Å²) in [6, 6.07) is 25.4. The lowest BCUT2D eigenvalue weighted by Gasteiger charge is -2.41. The zero-order valence-corrected chi connectivity index (χ0v) is 32.9. The molecule has 3 aromatic carbocycles. The van der Waals surface area contributed by atoms with Crippen molar-refractivity contribution in [3.05, 3.63) is 89.5 Å². The molecule has 3 nitrogen and oxygen atoms in total. The van der Waals surface area contributed by atoms with Crippen molar-refractivity contribution in [2.75, 3.05) is 0 Å². The van der Waals surface area contributed by atoms with Crippen LogP contribution in [0.3, 0.4) is 0 Å². The molecule has 0 spiro atoms. The highest BCUT2D eigenvalue weighted by atomic mass is 32.3. The minimum atomic E-state index is -2.56. The van der Waals surface area contributed by atoms with Gasteiger partial charge in [0, 0.05) is 14.7 Å². The van der Waals surface area contributed by atoms with Gasteiger partial charge in [0.25, 0.3) is 0 Å². The van der Waals surface area contributed by atoms with Gasteiger partial charge in [0.05, 0.1) is 0 Å². The van der Waals surface area contributed by atoms with Gasteiger partial charge in [0.15, 0.2) is 0 Å². The fraction of sp³-hybridized carbons (Fsp3) is 0.587. The molecule has 278 valence electrons. The van der Waals surface area contributed by atoms with E-state index in [0.717, 1.165) is 46.8 Å². The fourth-order valence-electron chi connectivity index (χ4n) is 7.38. The van der Waals surface area contributed by atoms with Gasteiger partial charge in [-0.2, -0.15) is 0 Å². The maximum Gasteiger partial charge on any atom is 0.517 e. The van der Waals surface area contributed by atoms with Crippen LogP contribution in [0.2, 0.25) is 0 Å². The summed E-state index contributed by atoms with van der Waals surface area (Å²) >= 11 is 0. The first-order valence-electron chi connectivity index (χ1n) is 20.6. The standard InChI is InChI=1S/C46H70O3S/c1-4-7-10-13-16-19-24-31-40-38-41(32-25-20-17-14-11-8-5-2)45(42(39-40)33-26-21-18-15-12-9-6-3)50(49-46(47)48,43-34-27-22-28-35-43)44-36-29-23-30-37-44/h22-23,27-30,34-39H,4-21,24-26,31-33H2,1-3H3,(H,47,48). The van der Waals surface area contributed by atoms with Crippen molar-refractivity contribution in [1.82, 2.24) is 0 Å². The summed E-state index contributed by atoms with van der Waals surface area (Å²) in [5.74, 6) is 0.